The van der Waals surface area contributed by atoms with Gasteiger partial charge in [-0.2, -0.15) is 22.0 Å². The molecule has 0 saturated carbocycles. The highest BCUT2D eigenvalue weighted by Crippen LogP contribution is 2.40. The summed E-state index contributed by atoms with van der Waals surface area (Å²) in [5, 5.41) is 0.352. The zero-order chi connectivity index (χ0) is 27.6. The van der Waals surface area contributed by atoms with E-state index in [2.05, 4.69) is 9.72 Å². The summed E-state index contributed by atoms with van der Waals surface area (Å²) in [7, 11) is 0. The van der Waals surface area contributed by atoms with Crippen LogP contribution in [0.1, 0.15) is 33.9 Å². The Hall–Kier alpha value is -4.30. The largest absolute Gasteiger partial charge is 0.434 e. The molecule has 198 valence electrons. The van der Waals surface area contributed by atoms with Gasteiger partial charge >= 0.3 is 12.8 Å². The van der Waals surface area contributed by atoms with E-state index in [-0.39, 0.29) is 11.3 Å². The highest BCUT2D eigenvalue weighted by molar-refractivity contribution is 5.98. The van der Waals surface area contributed by atoms with Crippen molar-refractivity contribution in [1.29, 1.82) is 0 Å². The maximum absolute atomic E-state index is 13.9. The van der Waals surface area contributed by atoms with E-state index < -0.39 is 24.4 Å². The van der Waals surface area contributed by atoms with E-state index in [4.69, 9.17) is 5.73 Å². The zero-order valence-corrected chi connectivity index (χ0v) is 20.5. The molecule has 39 heavy (non-hydrogen) atoms. The second-order valence-corrected chi connectivity index (χ2v) is 9.04. The number of hydrogen-bond donors (Lipinski definition) is 1. The third kappa shape index (κ3) is 5.61. The summed E-state index contributed by atoms with van der Waals surface area (Å²) in [5.41, 5.74) is 9.42. The molecule has 5 aromatic rings. The summed E-state index contributed by atoms with van der Waals surface area (Å²) in [6.45, 7) is -3.02. The highest BCUT2D eigenvalue weighted by Gasteiger charge is 2.33. The minimum Gasteiger partial charge on any atom is -0.434 e. The average molecular weight is 535 g/mol. The lowest BCUT2D eigenvalue weighted by Gasteiger charge is -2.19. The van der Waals surface area contributed by atoms with Gasteiger partial charge in [0.25, 0.3) is 0 Å². The van der Waals surface area contributed by atoms with E-state index in [9.17, 15) is 22.0 Å². The Morgan fingerprint density at radius 2 is 1.54 bits per heavy atom. The number of hydrogen-bond acceptors (Lipinski definition) is 3. The topological polar surface area (TPSA) is 48.1 Å². The van der Waals surface area contributed by atoms with Crippen LogP contribution in [-0.4, -0.2) is 11.6 Å². The van der Waals surface area contributed by atoms with Gasteiger partial charge < -0.3 is 10.5 Å². The standard InChI is InChI=1S/C31H23F5N2O/c32-30(33)39-26-15-5-4-12-23(26)28(37)21-11-6-10-20(17-21)27-22(16-19-8-2-1-3-9-19)18-38-29-24(27)13-7-14-25(29)31(34,35)36/h1-15,17-18,28,30H,16,37H2. The predicted molar refractivity (Wildman–Crippen MR) is 141 cm³/mol. The molecule has 1 heterocycles. The van der Waals surface area contributed by atoms with Crippen molar-refractivity contribution in [2.75, 3.05) is 0 Å². The Morgan fingerprint density at radius 3 is 2.28 bits per heavy atom. The van der Waals surface area contributed by atoms with Crippen molar-refractivity contribution in [3.63, 3.8) is 0 Å². The second kappa shape index (κ2) is 10.8. The number of pyridine rings is 1. The van der Waals surface area contributed by atoms with E-state index in [1.54, 1.807) is 48.5 Å². The van der Waals surface area contributed by atoms with Crippen LogP contribution in [0.15, 0.2) is 103 Å². The van der Waals surface area contributed by atoms with E-state index in [0.717, 1.165) is 17.2 Å². The Morgan fingerprint density at radius 1 is 0.821 bits per heavy atom. The lowest BCUT2D eigenvalue weighted by atomic mass is 9.89. The van der Waals surface area contributed by atoms with Crippen molar-refractivity contribution in [3.8, 4) is 16.9 Å². The summed E-state index contributed by atoms with van der Waals surface area (Å²) >= 11 is 0. The first-order chi connectivity index (χ1) is 18.7. The van der Waals surface area contributed by atoms with Crippen LogP contribution in [0.2, 0.25) is 0 Å². The Kier molecular flexibility index (Phi) is 7.30. The Balaban J connectivity index is 1.68. The predicted octanol–water partition coefficient (Wildman–Crippen LogP) is 8.16. The van der Waals surface area contributed by atoms with Gasteiger partial charge in [-0.15, -0.1) is 0 Å². The van der Waals surface area contributed by atoms with Crippen molar-refractivity contribution in [2.45, 2.75) is 25.3 Å². The minimum absolute atomic E-state index is 0.0423. The molecule has 0 radical (unpaired) electrons. The zero-order valence-electron chi connectivity index (χ0n) is 20.5. The first-order valence-corrected chi connectivity index (χ1v) is 12.1. The fourth-order valence-electron chi connectivity index (χ4n) is 4.79. The highest BCUT2D eigenvalue weighted by atomic mass is 19.4. The molecule has 1 aromatic heterocycles. The van der Waals surface area contributed by atoms with Crippen molar-refractivity contribution in [3.05, 3.63) is 131 Å². The van der Waals surface area contributed by atoms with E-state index in [1.165, 1.54) is 18.3 Å². The van der Waals surface area contributed by atoms with Crippen LogP contribution in [0.3, 0.4) is 0 Å². The number of nitrogens with zero attached hydrogens (tertiary/aromatic N) is 1. The summed E-state index contributed by atoms with van der Waals surface area (Å²) in [6.07, 6.45) is -2.65. The molecular formula is C31H23F5N2O. The van der Waals surface area contributed by atoms with Crippen LogP contribution in [0, 0.1) is 0 Å². The maximum Gasteiger partial charge on any atom is 0.418 e. The Bertz CT molecular complexity index is 1600. The summed E-state index contributed by atoms with van der Waals surface area (Å²) in [4.78, 5) is 4.24. The number of fused-ring (bicyclic) bond motifs is 1. The van der Waals surface area contributed by atoms with Crippen LogP contribution in [0.25, 0.3) is 22.0 Å². The number of aromatic nitrogens is 1. The molecule has 8 heteroatoms. The van der Waals surface area contributed by atoms with Crippen LogP contribution in [0.5, 0.6) is 5.75 Å². The molecule has 0 spiro atoms. The lowest BCUT2D eigenvalue weighted by molar-refractivity contribution is -0.136. The number of halogens is 5. The fourth-order valence-corrected chi connectivity index (χ4v) is 4.79. The average Bonchev–Trinajstić information content (AvgIpc) is 2.92. The molecule has 1 atom stereocenters. The molecule has 0 aliphatic carbocycles. The molecule has 5 rings (SSSR count). The van der Waals surface area contributed by atoms with E-state index in [0.29, 0.717) is 34.1 Å². The fraction of sp³-hybridized carbons (Fsp3) is 0.129. The van der Waals surface area contributed by atoms with Crippen LogP contribution in [0.4, 0.5) is 22.0 Å². The summed E-state index contributed by atoms with van der Waals surface area (Å²) < 4.78 is 72.2. The van der Waals surface area contributed by atoms with Crippen LogP contribution < -0.4 is 10.5 Å². The number of ether oxygens (including phenoxy) is 1. The monoisotopic (exact) mass is 534 g/mol. The lowest BCUT2D eigenvalue weighted by Crippen LogP contribution is -2.15. The normalized spacial score (nSPS) is 12.6. The van der Waals surface area contributed by atoms with Gasteiger partial charge in [0.2, 0.25) is 0 Å². The molecule has 0 aliphatic rings. The molecule has 1 unspecified atom stereocenters. The molecular weight excluding hydrogens is 511 g/mol. The van der Waals surface area contributed by atoms with Gasteiger partial charge in [-0.05, 0) is 52.4 Å². The minimum atomic E-state index is -4.58. The molecule has 0 saturated heterocycles. The van der Waals surface area contributed by atoms with Gasteiger partial charge in [0.15, 0.2) is 0 Å². The van der Waals surface area contributed by atoms with Gasteiger partial charge in [0.1, 0.15) is 5.75 Å². The van der Waals surface area contributed by atoms with Gasteiger partial charge in [0.05, 0.1) is 17.1 Å². The van der Waals surface area contributed by atoms with Crippen molar-refractivity contribution < 1.29 is 26.7 Å². The third-order valence-corrected chi connectivity index (χ3v) is 6.52. The summed E-state index contributed by atoms with van der Waals surface area (Å²) in [5.74, 6) is -0.0423. The molecule has 0 fully saturated rings. The van der Waals surface area contributed by atoms with Gasteiger partial charge in [-0.25, -0.2) is 0 Å². The number of benzene rings is 4. The van der Waals surface area contributed by atoms with Crippen molar-refractivity contribution in [1.82, 2.24) is 4.98 Å². The Labute approximate surface area is 221 Å². The SMILES string of the molecule is NC(c1cccc(-c2c(Cc3ccccc3)cnc3c(C(F)(F)F)cccc23)c1)c1ccccc1OC(F)F. The van der Waals surface area contributed by atoms with Gasteiger partial charge in [-0.3, -0.25) is 4.98 Å². The van der Waals surface area contributed by atoms with Crippen molar-refractivity contribution >= 4 is 10.9 Å². The van der Waals surface area contributed by atoms with Gasteiger partial charge in [-0.1, -0.05) is 78.9 Å². The molecule has 4 aromatic carbocycles. The number of rotatable bonds is 7. The first-order valence-electron chi connectivity index (χ1n) is 12.1. The molecule has 0 amide bonds. The number of alkyl halides is 5. The van der Waals surface area contributed by atoms with E-state index in [1.807, 2.05) is 30.3 Å². The smallest absolute Gasteiger partial charge is 0.418 e. The molecule has 2 N–H and O–H groups in total. The molecule has 3 nitrogen and oxygen atoms in total. The quantitative estimate of drug-likeness (QED) is 0.214. The molecule has 0 aliphatic heterocycles. The first kappa shape index (κ1) is 26.3. The second-order valence-electron chi connectivity index (χ2n) is 9.04. The number of para-hydroxylation sites is 2. The maximum atomic E-state index is 13.9. The van der Waals surface area contributed by atoms with E-state index >= 15 is 0 Å². The van der Waals surface area contributed by atoms with Gasteiger partial charge in [0, 0.05) is 17.1 Å². The van der Waals surface area contributed by atoms with Crippen LogP contribution >= 0.6 is 0 Å². The third-order valence-electron chi connectivity index (χ3n) is 6.52. The number of nitrogens with two attached hydrogens (primary N) is 1. The van der Waals surface area contributed by atoms with Crippen LogP contribution in [-0.2, 0) is 12.6 Å². The molecule has 0 bridgehead atoms. The van der Waals surface area contributed by atoms with Crippen molar-refractivity contribution in [2.24, 2.45) is 5.73 Å². The summed E-state index contributed by atoms with van der Waals surface area (Å²) in [6, 6.07) is 26.0.